The lowest BCUT2D eigenvalue weighted by Crippen LogP contribution is -2.14. The summed E-state index contributed by atoms with van der Waals surface area (Å²) in [6, 6.07) is 8.75. The highest BCUT2D eigenvalue weighted by Crippen LogP contribution is 2.15. The number of aliphatic carboxylic acids is 2. The zero-order valence-electron chi connectivity index (χ0n) is 11.6. The van der Waals surface area contributed by atoms with E-state index in [1.165, 1.54) is 6.08 Å². The lowest BCUT2D eigenvalue weighted by molar-refractivity contribution is -0.140. The van der Waals surface area contributed by atoms with Gasteiger partial charge in [0, 0.05) is 0 Å². The van der Waals surface area contributed by atoms with Crippen LogP contribution >= 0.6 is 0 Å². The SMILES string of the molecule is C=COC(=O)CC(C(=O)O)=C(C=Cc1ccccc1)C(=O)O. The molecule has 0 aliphatic carbocycles. The van der Waals surface area contributed by atoms with Gasteiger partial charge in [0.15, 0.2) is 0 Å². The molecule has 0 fully saturated rings. The van der Waals surface area contributed by atoms with Crippen molar-refractivity contribution in [2.75, 3.05) is 0 Å². The van der Waals surface area contributed by atoms with Gasteiger partial charge in [0.2, 0.25) is 0 Å². The lowest BCUT2D eigenvalue weighted by atomic mass is 10.0. The van der Waals surface area contributed by atoms with Crippen molar-refractivity contribution in [1.82, 2.24) is 0 Å². The van der Waals surface area contributed by atoms with Gasteiger partial charge < -0.3 is 14.9 Å². The molecule has 0 saturated carbocycles. The number of hydrogen-bond acceptors (Lipinski definition) is 4. The van der Waals surface area contributed by atoms with Crippen LogP contribution in [-0.4, -0.2) is 28.1 Å². The van der Waals surface area contributed by atoms with E-state index < -0.39 is 35.5 Å². The summed E-state index contributed by atoms with van der Waals surface area (Å²) in [5, 5.41) is 18.3. The predicted octanol–water partition coefficient (Wildman–Crippen LogP) is 2.24. The molecule has 0 saturated heterocycles. The monoisotopic (exact) mass is 302 g/mol. The summed E-state index contributed by atoms with van der Waals surface area (Å²) in [4.78, 5) is 33.8. The van der Waals surface area contributed by atoms with Crippen LogP contribution in [0.3, 0.4) is 0 Å². The van der Waals surface area contributed by atoms with Crippen LogP contribution in [0.2, 0.25) is 0 Å². The fourth-order valence-electron chi connectivity index (χ4n) is 1.61. The molecule has 0 aromatic heterocycles. The predicted molar refractivity (Wildman–Crippen MR) is 78.7 cm³/mol. The second-order valence-corrected chi connectivity index (χ2v) is 4.08. The van der Waals surface area contributed by atoms with Crippen LogP contribution in [0.15, 0.2) is 60.4 Å². The molecular weight excluding hydrogens is 288 g/mol. The fourth-order valence-corrected chi connectivity index (χ4v) is 1.61. The summed E-state index contributed by atoms with van der Waals surface area (Å²) < 4.78 is 4.43. The molecule has 0 aliphatic rings. The van der Waals surface area contributed by atoms with Gasteiger partial charge in [-0.15, -0.1) is 0 Å². The van der Waals surface area contributed by atoms with E-state index in [0.717, 1.165) is 12.3 Å². The van der Waals surface area contributed by atoms with Crippen LogP contribution in [0.5, 0.6) is 0 Å². The number of ether oxygens (including phenoxy) is 1. The normalized spacial score (nSPS) is 11.6. The van der Waals surface area contributed by atoms with Crippen LogP contribution < -0.4 is 0 Å². The number of esters is 1. The van der Waals surface area contributed by atoms with Gasteiger partial charge >= 0.3 is 17.9 Å². The molecule has 0 spiro atoms. The molecule has 114 valence electrons. The van der Waals surface area contributed by atoms with E-state index in [0.29, 0.717) is 5.56 Å². The maximum Gasteiger partial charge on any atom is 0.336 e. The van der Waals surface area contributed by atoms with E-state index in [1.54, 1.807) is 30.3 Å². The first-order chi connectivity index (χ1) is 10.5. The minimum atomic E-state index is -1.50. The molecule has 6 heteroatoms. The van der Waals surface area contributed by atoms with Gasteiger partial charge in [0.1, 0.15) is 0 Å². The topological polar surface area (TPSA) is 101 Å². The van der Waals surface area contributed by atoms with Gasteiger partial charge in [-0.25, -0.2) is 9.59 Å². The van der Waals surface area contributed by atoms with Crippen molar-refractivity contribution in [3.05, 3.63) is 66.0 Å². The molecule has 0 atom stereocenters. The van der Waals surface area contributed by atoms with Crippen molar-refractivity contribution in [1.29, 1.82) is 0 Å². The lowest BCUT2D eigenvalue weighted by Gasteiger charge is -2.05. The molecular formula is C16H14O6. The molecule has 22 heavy (non-hydrogen) atoms. The minimum absolute atomic E-state index is 0.489. The highest BCUT2D eigenvalue weighted by atomic mass is 16.5. The zero-order valence-corrected chi connectivity index (χ0v) is 11.6. The van der Waals surface area contributed by atoms with Crippen LogP contribution in [0, 0.1) is 0 Å². The second kappa shape index (κ2) is 8.21. The van der Waals surface area contributed by atoms with Crippen molar-refractivity contribution in [2.45, 2.75) is 6.42 Å². The Labute approximate surface area is 126 Å². The summed E-state index contributed by atoms with van der Waals surface area (Å²) in [6.07, 6.45) is 2.76. The first-order valence-electron chi connectivity index (χ1n) is 6.19. The molecule has 0 bridgehead atoms. The van der Waals surface area contributed by atoms with Crippen molar-refractivity contribution < 1.29 is 29.3 Å². The molecule has 0 unspecified atom stereocenters. The Kier molecular flexibility index (Phi) is 6.31. The maximum absolute atomic E-state index is 11.4. The third-order valence-electron chi connectivity index (χ3n) is 2.59. The average Bonchev–Trinajstić information content (AvgIpc) is 2.47. The summed E-state index contributed by atoms with van der Waals surface area (Å²) in [5.41, 5.74) is -0.358. The maximum atomic E-state index is 11.4. The van der Waals surface area contributed by atoms with Crippen molar-refractivity contribution in [3.63, 3.8) is 0 Å². The van der Waals surface area contributed by atoms with E-state index >= 15 is 0 Å². The number of carboxylic acid groups (broad SMARTS) is 2. The van der Waals surface area contributed by atoms with Crippen molar-refractivity contribution in [3.8, 4) is 0 Å². The Hall–Kier alpha value is -3.15. The van der Waals surface area contributed by atoms with Gasteiger partial charge in [-0.1, -0.05) is 43.0 Å². The van der Waals surface area contributed by atoms with Crippen LogP contribution in [0.25, 0.3) is 6.08 Å². The fraction of sp³-hybridized carbons (Fsp3) is 0.0625. The van der Waals surface area contributed by atoms with E-state index in [2.05, 4.69) is 11.3 Å². The zero-order chi connectivity index (χ0) is 16.5. The van der Waals surface area contributed by atoms with Crippen LogP contribution in [-0.2, 0) is 19.1 Å². The number of carbonyl (C=O) groups excluding carboxylic acids is 1. The Morgan fingerprint density at radius 1 is 1.09 bits per heavy atom. The average molecular weight is 302 g/mol. The number of carbonyl (C=O) groups is 3. The Balaban J connectivity index is 3.18. The molecule has 0 radical (unpaired) electrons. The van der Waals surface area contributed by atoms with Gasteiger partial charge in [0.05, 0.1) is 23.8 Å². The third-order valence-corrected chi connectivity index (χ3v) is 2.59. The van der Waals surface area contributed by atoms with Crippen LogP contribution in [0.4, 0.5) is 0 Å². The van der Waals surface area contributed by atoms with Gasteiger partial charge in [-0.3, -0.25) is 4.79 Å². The molecule has 1 aromatic carbocycles. The first kappa shape index (κ1) is 16.9. The molecule has 1 rings (SSSR count). The highest BCUT2D eigenvalue weighted by Gasteiger charge is 2.21. The van der Waals surface area contributed by atoms with Gasteiger partial charge in [-0.05, 0) is 11.6 Å². The Bertz CT molecular complexity index is 640. The highest BCUT2D eigenvalue weighted by molar-refractivity contribution is 6.04. The van der Waals surface area contributed by atoms with E-state index in [4.69, 9.17) is 10.2 Å². The Morgan fingerprint density at radius 3 is 2.23 bits per heavy atom. The number of hydrogen-bond donors (Lipinski definition) is 2. The van der Waals surface area contributed by atoms with Crippen molar-refractivity contribution >= 4 is 24.0 Å². The quantitative estimate of drug-likeness (QED) is 0.347. The van der Waals surface area contributed by atoms with E-state index in [9.17, 15) is 14.4 Å². The summed E-state index contributed by atoms with van der Waals surface area (Å²) in [7, 11) is 0. The molecule has 2 N–H and O–H groups in total. The summed E-state index contributed by atoms with van der Waals surface area (Å²) in [5.74, 6) is -3.86. The first-order valence-corrected chi connectivity index (χ1v) is 6.19. The molecule has 1 aromatic rings. The third kappa shape index (κ3) is 5.09. The van der Waals surface area contributed by atoms with Crippen LogP contribution in [0.1, 0.15) is 12.0 Å². The standard InChI is InChI=1S/C16H14O6/c1-2-22-14(17)10-13(16(20)21)12(15(18)19)9-8-11-6-4-3-5-7-11/h2-9H,1,10H2,(H,18,19)(H,20,21). The number of carboxylic acids is 2. The number of benzene rings is 1. The van der Waals surface area contributed by atoms with E-state index in [-0.39, 0.29) is 0 Å². The largest absolute Gasteiger partial charge is 0.478 e. The Morgan fingerprint density at radius 2 is 1.73 bits per heavy atom. The van der Waals surface area contributed by atoms with Crippen molar-refractivity contribution in [2.24, 2.45) is 0 Å². The molecule has 0 heterocycles. The second-order valence-electron chi connectivity index (χ2n) is 4.08. The number of rotatable bonds is 7. The van der Waals surface area contributed by atoms with Gasteiger partial charge in [-0.2, -0.15) is 0 Å². The molecule has 0 aliphatic heterocycles. The molecule has 0 amide bonds. The smallest absolute Gasteiger partial charge is 0.336 e. The van der Waals surface area contributed by atoms with E-state index in [1.807, 2.05) is 0 Å². The minimum Gasteiger partial charge on any atom is -0.478 e. The van der Waals surface area contributed by atoms with Gasteiger partial charge in [0.25, 0.3) is 0 Å². The summed E-state index contributed by atoms with van der Waals surface area (Å²) >= 11 is 0. The molecule has 6 nitrogen and oxygen atoms in total. The summed E-state index contributed by atoms with van der Waals surface area (Å²) in [6.45, 7) is 3.17.